The molecule has 36 heavy (non-hydrogen) atoms. The van der Waals surface area contributed by atoms with Gasteiger partial charge in [-0.25, -0.2) is 0 Å². The second-order valence-electron chi connectivity index (χ2n) is 9.32. The number of aliphatic carboxylic acids is 2. The van der Waals surface area contributed by atoms with Crippen molar-refractivity contribution in [3.8, 4) is 0 Å². The van der Waals surface area contributed by atoms with Crippen LogP contribution >= 0.6 is 11.6 Å². The molecule has 0 radical (unpaired) electrons. The van der Waals surface area contributed by atoms with Crippen LogP contribution in [0.3, 0.4) is 0 Å². The Morgan fingerprint density at radius 2 is 1.69 bits per heavy atom. The Hall–Kier alpha value is -2.68. The van der Waals surface area contributed by atoms with Crippen LogP contribution in [0.1, 0.15) is 67.3 Å². The first-order valence-corrected chi connectivity index (χ1v) is 13.2. The molecule has 5 N–H and O–H groups in total. The number of pyridine rings is 1. The summed E-state index contributed by atoms with van der Waals surface area (Å²) >= 11 is 6.51. The van der Waals surface area contributed by atoms with E-state index in [9.17, 15) is 9.59 Å². The van der Waals surface area contributed by atoms with Crippen LogP contribution in [0, 0.1) is 0 Å². The fourth-order valence-corrected chi connectivity index (χ4v) is 4.80. The van der Waals surface area contributed by atoms with Gasteiger partial charge in [-0.05, 0) is 67.6 Å². The normalized spacial score (nSPS) is 15.7. The second kappa shape index (κ2) is 14.8. The number of nitrogens with one attached hydrogen (secondary N) is 3. The molecule has 1 aromatic heterocycles. The van der Waals surface area contributed by atoms with E-state index in [4.69, 9.17) is 21.8 Å². The van der Waals surface area contributed by atoms with Crippen molar-refractivity contribution in [2.24, 2.45) is 0 Å². The van der Waals surface area contributed by atoms with Gasteiger partial charge in [0.05, 0.1) is 35.8 Å². The molecular weight excluding hydrogens is 480 g/mol. The molecule has 0 amide bonds. The zero-order valence-electron chi connectivity index (χ0n) is 20.7. The highest BCUT2D eigenvalue weighted by atomic mass is 35.5. The second-order valence-corrected chi connectivity index (χ2v) is 9.73. The van der Waals surface area contributed by atoms with E-state index in [1.807, 2.05) is 12.3 Å². The maximum absolute atomic E-state index is 9.64. The largest absolute Gasteiger partial charge is 0.481 e. The molecule has 0 spiro atoms. The number of benzene rings is 1. The van der Waals surface area contributed by atoms with Crippen LogP contribution in [-0.4, -0.2) is 46.3 Å². The van der Waals surface area contributed by atoms with Crippen LogP contribution in [0.2, 0.25) is 5.02 Å². The first-order chi connectivity index (χ1) is 17.4. The number of carboxylic acid groups (broad SMARTS) is 2. The molecule has 0 unspecified atom stereocenters. The van der Waals surface area contributed by atoms with E-state index in [0.29, 0.717) is 12.6 Å². The van der Waals surface area contributed by atoms with Crippen LogP contribution in [0.15, 0.2) is 30.5 Å². The molecule has 9 heteroatoms. The van der Waals surface area contributed by atoms with Gasteiger partial charge >= 0.3 is 11.9 Å². The first-order valence-electron chi connectivity index (χ1n) is 12.8. The Kier molecular flexibility index (Phi) is 11.5. The summed E-state index contributed by atoms with van der Waals surface area (Å²) < 4.78 is 0. The molecule has 0 saturated heterocycles. The molecule has 8 nitrogen and oxygen atoms in total. The summed E-state index contributed by atoms with van der Waals surface area (Å²) in [5, 5.41) is 27.3. The molecule has 2 aliphatic rings. The number of carbonyl (C=O) groups is 2. The number of fused-ring (bicyclic) bond motifs is 1. The van der Waals surface area contributed by atoms with Gasteiger partial charge < -0.3 is 26.2 Å². The zero-order chi connectivity index (χ0) is 25.8. The summed E-state index contributed by atoms with van der Waals surface area (Å²) in [4.78, 5) is 23.9. The number of rotatable bonds is 9. The number of carboxylic acids is 2. The van der Waals surface area contributed by atoms with Crippen molar-refractivity contribution in [1.29, 1.82) is 0 Å². The lowest BCUT2D eigenvalue weighted by Crippen LogP contribution is -2.30. The van der Waals surface area contributed by atoms with Gasteiger partial charge in [0, 0.05) is 18.8 Å². The molecule has 1 aliphatic carbocycles. The topological polar surface area (TPSA) is 124 Å². The van der Waals surface area contributed by atoms with Crippen LogP contribution in [0.4, 0.5) is 5.69 Å². The summed E-state index contributed by atoms with van der Waals surface area (Å²) in [7, 11) is 0. The summed E-state index contributed by atoms with van der Waals surface area (Å²) in [5.41, 5.74) is 6.13. The molecular formula is C27H37ClN4O4. The molecule has 1 fully saturated rings. The average molecular weight is 517 g/mol. The first kappa shape index (κ1) is 27.9. The van der Waals surface area contributed by atoms with E-state index in [1.54, 1.807) is 0 Å². The highest BCUT2D eigenvalue weighted by Gasteiger charge is 2.15. The number of hydrogen-bond donors (Lipinski definition) is 5. The molecule has 196 valence electrons. The molecule has 1 aliphatic heterocycles. The molecule has 0 atom stereocenters. The minimum absolute atomic E-state index is 0.296. The van der Waals surface area contributed by atoms with Crippen molar-refractivity contribution in [3.05, 3.63) is 57.9 Å². The highest BCUT2D eigenvalue weighted by Crippen LogP contribution is 2.31. The number of anilines is 1. The lowest BCUT2D eigenvalue weighted by molar-refractivity contribution is -0.143. The highest BCUT2D eigenvalue weighted by molar-refractivity contribution is 6.33. The van der Waals surface area contributed by atoms with E-state index in [1.165, 1.54) is 48.8 Å². The third kappa shape index (κ3) is 9.41. The smallest absolute Gasteiger partial charge is 0.303 e. The fraction of sp³-hybridized carbons (Fsp3) is 0.519. The van der Waals surface area contributed by atoms with Gasteiger partial charge in [-0.1, -0.05) is 43.0 Å². The predicted octanol–water partition coefficient (Wildman–Crippen LogP) is 4.39. The van der Waals surface area contributed by atoms with Gasteiger partial charge in [0.2, 0.25) is 0 Å². The van der Waals surface area contributed by atoms with Gasteiger partial charge in [0.25, 0.3) is 0 Å². The van der Waals surface area contributed by atoms with Crippen molar-refractivity contribution < 1.29 is 19.8 Å². The Labute approximate surface area is 217 Å². The average Bonchev–Trinajstić information content (AvgIpc) is 3.13. The summed E-state index contributed by atoms with van der Waals surface area (Å²) in [5.74, 6) is -2.15. The zero-order valence-corrected chi connectivity index (χ0v) is 21.4. The van der Waals surface area contributed by atoms with Gasteiger partial charge in [0.1, 0.15) is 0 Å². The number of halogens is 1. The SMILES string of the molecule is Clc1ccc2c(c1NCc1ccc(CNC3CCCCC3)cn1)CCNCC2.O=C(O)CCC(=O)O. The van der Waals surface area contributed by atoms with E-state index < -0.39 is 11.9 Å². The quantitative estimate of drug-likeness (QED) is 0.332. The van der Waals surface area contributed by atoms with E-state index >= 15 is 0 Å². The lowest BCUT2D eigenvalue weighted by Gasteiger charge is -2.22. The molecule has 2 heterocycles. The van der Waals surface area contributed by atoms with Gasteiger partial charge in [0.15, 0.2) is 0 Å². The third-order valence-corrected chi connectivity index (χ3v) is 6.88. The summed E-state index contributed by atoms with van der Waals surface area (Å²) in [6.07, 6.45) is 10.2. The Morgan fingerprint density at radius 1 is 0.972 bits per heavy atom. The minimum atomic E-state index is -1.08. The maximum atomic E-state index is 9.64. The molecule has 1 saturated carbocycles. The molecule has 4 rings (SSSR count). The Bertz CT molecular complexity index is 980. The third-order valence-electron chi connectivity index (χ3n) is 6.57. The van der Waals surface area contributed by atoms with Crippen molar-refractivity contribution in [3.63, 3.8) is 0 Å². The number of hydrogen-bond acceptors (Lipinski definition) is 6. The predicted molar refractivity (Wildman–Crippen MR) is 142 cm³/mol. The van der Waals surface area contributed by atoms with E-state index in [-0.39, 0.29) is 12.8 Å². The van der Waals surface area contributed by atoms with Gasteiger partial charge in [-0.15, -0.1) is 0 Å². The van der Waals surface area contributed by atoms with Crippen molar-refractivity contribution >= 4 is 29.2 Å². The lowest BCUT2D eigenvalue weighted by atomic mass is 9.95. The minimum Gasteiger partial charge on any atom is -0.481 e. The number of nitrogens with zero attached hydrogens (tertiary/aromatic N) is 1. The van der Waals surface area contributed by atoms with Crippen molar-refractivity contribution in [2.45, 2.75) is 76.9 Å². The van der Waals surface area contributed by atoms with Crippen molar-refractivity contribution in [2.75, 3.05) is 18.4 Å². The van der Waals surface area contributed by atoms with Crippen LogP contribution < -0.4 is 16.0 Å². The van der Waals surface area contributed by atoms with Gasteiger partial charge in [-0.2, -0.15) is 0 Å². The summed E-state index contributed by atoms with van der Waals surface area (Å²) in [6, 6.07) is 9.18. The molecule has 2 aromatic rings. The monoisotopic (exact) mass is 516 g/mol. The van der Waals surface area contributed by atoms with Crippen LogP contribution in [0.5, 0.6) is 0 Å². The Balaban J connectivity index is 0.000000392. The van der Waals surface area contributed by atoms with Gasteiger partial charge in [-0.3, -0.25) is 14.6 Å². The van der Waals surface area contributed by atoms with Crippen LogP contribution in [0.25, 0.3) is 0 Å². The Morgan fingerprint density at radius 3 is 2.36 bits per heavy atom. The number of aromatic nitrogens is 1. The fourth-order valence-electron chi connectivity index (χ4n) is 4.56. The van der Waals surface area contributed by atoms with E-state index in [2.05, 4.69) is 39.1 Å². The summed E-state index contributed by atoms with van der Waals surface area (Å²) in [6.45, 7) is 3.64. The van der Waals surface area contributed by atoms with Crippen LogP contribution in [-0.2, 0) is 35.5 Å². The molecule has 0 bridgehead atoms. The van der Waals surface area contributed by atoms with E-state index in [0.717, 1.165) is 48.9 Å². The van der Waals surface area contributed by atoms with Crippen molar-refractivity contribution in [1.82, 2.24) is 15.6 Å². The molecule has 1 aromatic carbocycles. The maximum Gasteiger partial charge on any atom is 0.303 e. The standard InChI is InChI=1S/C23H31ClN4.C4H6O4/c24-22-9-7-18-10-12-25-13-11-21(18)23(22)28-16-20-8-6-17(15-27-20)14-26-19-4-2-1-3-5-19;5-3(6)1-2-4(7)8/h6-9,15,19,25-26,28H,1-5,10-14,16H2;1-2H2,(H,5,6)(H,7,8).